The van der Waals surface area contributed by atoms with Gasteiger partial charge in [-0.25, -0.2) is 0 Å². The summed E-state index contributed by atoms with van der Waals surface area (Å²) in [7, 11) is 0. The smallest absolute Gasteiger partial charge is 0.0896 e. The minimum Gasteiger partial charge on any atom is -0.367 e. The Morgan fingerprint density at radius 2 is 2.50 bits per heavy atom. The molecule has 1 nitrogen and oxygen atoms in total. The van der Waals surface area contributed by atoms with E-state index >= 15 is 0 Å². The molecule has 0 aliphatic heterocycles. The maximum Gasteiger partial charge on any atom is 0.0896 e. The fourth-order valence-electron chi connectivity index (χ4n) is 0.136. The van der Waals surface area contributed by atoms with Gasteiger partial charge in [0.25, 0.3) is 0 Å². The van der Waals surface area contributed by atoms with Crippen LogP contribution in [0, 0.1) is 0 Å². The maximum atomic E-state index is 4.73. The van der Waals surface area contributed by atoms with Gasteiger partial charge in [0, 0.05) is 0 Å². The van der Waals surface area contributed by atoms with Crippen LogP contribution in [0.5, 0.6) is 0 Å². The van der Waals surface area contributed by atoms with Crippen LogP contribution in [0.3, 0.4) is 0 Å². The van der Waals surface area contributed by atoms with Crippen LogP contribution in [-0.4, -0.2) is 12.5 Å². The summed E-state index contributed by atoms with van der Waals surface area (Å²) in [6.07, 6.45) is 1.69. The molecule has 0 radical (unpaired) electrons. The van der Waals surface area contributed by atoms with Crippen molar-refractivity contribution in [3.63, 3.8) is 0 Å². The van der Waals surface area contributed by atoms with Gasteiger partial charge in [0.05, 0.1) is 12.5 Å². The van der Waals surface area contributed by atoms with E-state index in [2.05, 4.69) is 19.2 Å². The molecule has 0 aromatic rings. The fraction of sp³-hybridized carbons (Fsp3) is 0.500. The van der Waals surface area contributed by atoms with Crippen molar-refractivity contribution >= 4 is 12.6 Å². The van der Waals surface area contributed by atoms with Gasteiger partial charge in [0.1, 0.15) is 0 Å². The van der Waals surface area contributed by atoms with Crippen molar-refractivity contribution in [2.75, 3.05) is 12.5 Å². The molecule has 0 spiro atoms. The van der Waals surface area contributed by atoms with Gasteiger partial charge >= 0.3 is 0 Å². The molecular weight excluding hydrogens is 96.1 g/mol. The quantitative estimate of drug-likeness (QED) is 0.244. The Bertz CT molecular complexity index is 36.5. The number of rotatable bonds is 3. The molecule has 0 unspecified atom stereocenters. The highest BCUT2D eigenvalue weighted by Crippen LogP contribution is 1.75. The van der Waals surface area contributed by atoms with Gasteiger partial charge in [-0.3, -0.25) is 0 Å². The molecular formula is C4H8OS. The average Bonchev–Trinajstić information content (AvgIpc) is 1.61. The molecule has 0 saturated heterocycles. The topological polar surface area (TPSA) is 9.23 Å². The monoisotopic (exact) mass is 104 g/mol. The predicted octanol–water partition coefficient (Wildman–Crippen LogP) is 1.08. The first-order valence-corrected chi connectivity index (χ1v) is 2.34. The lowest BCUT2D eigenvalue weighted by Gasteiger charge is -1.87. The van der Waals surface area contributed by atoms with Gasteiger partial charge in [-0.2, -0.15) is 12.6 Å². The highest BCUT2D eigenvalue weighted by Gasteiger charge is 1.68. The molecule has 0 N–H and O–H groups in total. The van der Waals surface area contributed by atoms with Crippen molar-refractivity contribution in [1.82, 2.24) is 0 Å². The summed E-state index contributed by atoms with van der Waals surface area (Å²) in [5.41, 5.74) is 0. The number of thiol groups is 1. The SMILES string of the molecule is C=CCOCS. The Morgan fingerprint density at radius 1 is 1.83 bits per heavy atom. The van der Waals surface area contributed by atoms with E-state index in [0.29, 0.717) is 12.5 Å². The van der Waals surface area contributed by atoms with Crippen molar-refractivity contribution in [2.45, 2.75) is 0 Å². The Morgan fingerprint density at radius 3 is 2.67 bits per heavy atom. The van der Waals surface area contributed by atoms with Crippen LogP contribution in [0.1, 0.15) is 0 Å². The Hall–Kier alpha value is 0.0500. The molecule has 0 aromatic carbocycles. The minimum atomic E-state index is 0.478. The second kappa shape index (κ2) is 5.05. The lowest BCUT2D eigenvalue weighted by atomic mass is 10.7. The molecule has 0 rings (SSSR count). The Balaban J connectivity index is 2.49. The zero-order valence-corrected chi connectivity index (χ0v) is 4.45. The van der Waals surface area contributed by atoms with Crippen molar-refractivity contribution in [3.8, 4) is 0 Å². The van der Waals surface area contributed by atoms with Crippen molar-refractivity contribution in [2.24, 2.45) is 0 Å². The summed E-state index contributed by atoms with van der Waals surface area (Å²) in [5.74, 6) is 0.478. The second-order valence-electron chi connectivity index (χ2n) is 0.789. The van der Waals surface area contributed by atoms with Gasteiger partial charge in [0.2, 0.25) is 0 Å². The standard InChI is InChI=1S/C4H8OS/c1-2-3-5-4-6/h2,6H,1,3-4H2. The highest BCUT2D eigenvalue weighted by atomic mass is 32.1. The summed E-state index contributed by atoms with van der Waals surface area (Å²) in [6, 6.07) is 0. The van der Waals surface area contributed by atoms with Gasteiger partial charge in [-0.1, -0.05) is 6.08 Å². The average molecular weight is 104 g/mol. The van der Waals surface area contributed by atoms with Crippen LogP contribution in [0.2, 0.25) is 0 Å². The lowest BCUT2D eigenvalue weighted by molar-refractivity contribution is 0.218. The molecule has 0 atom stereocenters. The molecule has 6 heavy (non-hydrogen) atoms. The first-order valence-electron chi connectivity index (χ1n) is 1.71. The molecule has 0 fully saturated rings. The molecule has 36 valence electrons. The maximum absolute atomic E-state index is 4.73. The second-order valence-corrected chi connectivity index (χ2v) is 1.05. The van der Waals surface area contributed by atoms with Crippen molar-refractivity contribution in [3.05, 3.63) is 12.7 Å². The predicted molar refractivity (Wildman–Crippen MR) is 30.0 cm³/mol. The molecule has 0 saturated carbocycles. The summed E-state index contributed by atoms with van der Waals surface area (Å²) in [5, 5.41) is 0. The van der Waals surface area contributed by atoms with Crippen molar-refractivity contribution < 1.29 is 4.74 Å². The molecule has 2 heteroatoms. The summed E-state index contributed by atoms with van der Waals surface area (Å²) in [6.45, 7) is 4.04. The van der Waals surface area contributed by atoms with E-state index in [9.17, 15) is 0 Å². The van der Waals surface area contributed by atoms with E-state index in [1.165, 1.54) is 0 Å². The van der Waals surface area contributed by atoms with Gasteiger partial charge in [-0.05, 0) is 0 Å². The molecule has 0 amide bonds. The molecule has 0 aliphatic carbocycles. The summed E-state index contributed by atoms with van der Waals surface area (Å²) >= 11 is 3.78. The van der Waals surface area contributed by atoms with E-state index in [-0.39, 0.29) is 0 Å². The third-order valence-corrected chi connectivity index (χ3v) is 0.510. The van der Waals surface area contributed by atoms with E-state index < -0.39 is 0 Å². The van der Waals surface area contributed by atoms with Crippen LogP contribution >= 0.6 is 12.6 Å². The zero-order valence-electron chi connectivity index (χ0n) is 3.55. The van der Waals surface area contributed by atoms with E-state index in [1.54, 1.807) is 6.08 Å². The Kier molecular flexibility index (Phi) is 5.09. The van der Waals surface area contributed by atoms with Gasteiger partial charge in [0.15, 0.2) is 0 Å². The van der Waals surface area contributed by atoms with Crippen LogP contribution in [-0.2, 0) is 4.74 Å². The van der Waals surface area contributed by atoms with Gasteiger partial charge < -0.3 is 4.74 Å². The minimum absolute atomic E-state index is 0.478. The normalized spacial score (nSPS) is 8.17. The highest BCUT2D eigenvalue weighted by molar-refractivity contribution is 7.80. The molecule has 0 heterocycles. The summed E-state index contributed by atoms with van der Waals surface area (Å²) < 4.78 is 4.73. The molecule has 0 aromatic heterocycles. The van der Waals surface area contributed by atoms with Crippen LogP contribution in [0.15, 0.2) is 12.7 Å². The van der Waals surface area contributed by atoms with E-state index in [1.807, 2.05) is 0 Å². The lowest BCUT2D eigenvalue weighted by Crippen LogP contribution is -1.83. The first-order chi connectivity index (χ1) is 2.91. The molecule has 0 bridgehead atoms. The number of hydrogen-bond acceptors (Lipinski definition) is 2. The number of hydrogen-bond donors (Lipinski definition) is 1. The third-order valence-electron chi connectivity index (χ3n) is 0.327. The fourth-order valence-corrected chi connectivity index (χ4v) is 0.241. The van der Waals surface area contributed by atoms with E-state index in [0.717, 1.165) is 0 Å². The summed E-state index contributed by atoms with van der Waals surface area (Å²) in [4.78, 5) is 0. The van der Waals surface area contributed by atoms with Crippen LogP contribution in [0.4, 0.5) is 0 Å². The zero-order chi connectivity index (χ0) is 4.83. The largest absolute Gasteiger partial charge is 0.367 e. The Labute approximate surface area is 43.4 Å². The van der Waals surface area contributed by atoms with Crippen molar-refractivity contribution in [1.29, 1.82) is 0 Å². The van der Waals surface area contributed by atoms with E-state index in [4.69, 9.17) is 4.74 Å². The number of ether oxygens (including phenoxy) is 1. The van der Waals surface area contributed by atoms with Crippen LogP contribution < -0.4 is 0 Å². The van der Waals surface area contributed by atoms with Gasteiger partial charge in [-0.15, -0.1) is 6.58 Å². The third kappa shape index (κ3) is 4.05. The molecule has 0 aliphatic rings. The van der Waals surface area contributed by atoms with Crippen LogP contribution in [0.25, 0.3) is 0 Å². The first kappa shape index (κ1) is 6.05.